The lowest BCUT2D eigenvalue weighted by Crippen LogP contribution is -2.11. The van der Waals surface area contributed by atoms with Gasteiger partial charge in [-0.25, -0.2) is 21.8 Å². The number of nitrogens with one attached hydrogen (secondary N) is 1. The van der Waals surface area contributed by atoms with Gasteiger partial charge in [0.15, 0.2) is 5.13 Å². The molecule has 12 heteroatoms. The Labute approximate surface area is 163 Å². The normalized spacial score (nSPS) is 11.9. The molecule has 0 fully saturated rings. The van der Waals surface area contributed by atoms with Gasteiger partial charge in [-0.05, 0) is 18.2 Å². The summed E-state index contributed by atoms with van der Waals surface area (Å²) in [5, 5.41) is 1.40. The molecular formula is C15H12N2O6S4. The van der Waals surface area contributed by atoms with Gasteiger partial charge < -0.3 is 4.74 Å². The number of carbonyl (C=O) groups is 1. The van der Waals surface area contributed by atoms with Crippen LogP contribution >= 0.6 is 22.7 Å². The molecule has 0 bridgehead atoms. The molecule has 0 saturated heterocycles. The third kappa shape index (κ3) is 4.35. The molecule has 3 rings (SSSR count). The van der Waals surface area contributed by atoms with Crippen LogP contribution in [-0.4, -0.2) is 27.8 Å². The van der Waals surface area contributed by atoms with E-state index in [1.165, 1.54) is 30.6 Å². The standard InChI is InChI=1S/C15H12N2O6S4/c1-10(18)23-13-8-16-15(25-13)17-27(21,22)14-7-12(9-24-14)26(19,20)11-5-3-2-4-6-11/h2-9H,1H3,(H,16,17). The van der Waals surface area contributed by atoms with E-state index in [0.717, 1.165) is 28.7 Å². The lowest BCUT2D eigenvalue weighted by molar-refractivity contribution is -0.131. The van der Waals surface area contributed by atoms with E-state index in [2.05, 4.69) is 9.71 Å². The number of ether oxygens (including phenoxy) is 1. The van der Waals surface area contributed by atoms with Crippen LogP contribution in [0.1, 0.15) is 6.92 Å². The van der Waals surface area contributed by atoms with Gasteiger partial charge in [0.2, 0.25) is 14.9 Å². The number of rotatable bonds is 6. The summed E-state index contributed by atoms with van der Waals surface area (Å²) >= 11 is 1.61. The van der Waals surface area contributed by atoms with Crippen LogP contribution < -0.4 is 9.46 Å². The average Bonchev–Trinajstić information content (AvgIpc) is 3.25. The summed E-state index contributed by atoms with van der Waals surface area (Å²) in [7, 11) is -7.85. The van der Waals surface area contributed by atoms with Crippen molar-refractivity contribution < 1.29 is 26.4 Å². The van der Waals surface area contributed by atoms with Crippen molar-refractivity contribution in [2.24, 2.45) is 0 Å². The number of nitrogens with zero attached hydrogens (tertiary/aromatic N) is 1. The Kier molecular flexibility index (Phi) is 5.33. The van der Waals surface area contributed by atoms with Gasteiger partial charge in [0, 0.05) is 12.3 Å². The zero-order valence-electron chi connectivity index (χ0n) is 13.6. The van der Waals surface area contributed by atoms with Crippen LogP contribution in [0.4, 0.5) is 5.13 Å². The number of carbonyl (C=O) groups excluding carboxylic acids is 1. The third-order valence-corrected chi connectivity index (χ3v) is 8.73. The third-order valence-electron chi connectivity index (χ3n) is 3.13. The van der Waals surface area contributed by atoms with Crippen LogP contribution in [0.15, 0.2) is 62.0 Å². The largest absolute Gasteiger partial charge is 0.414 e. The fourth-order valence-electron chi connectivity index (χ4n) is 1.98. The van der Waals surface area contributed by atoms with Gasteiger partial charge in [-0.15, -0.1) is 11.3 Å². The van der Waals surface area contributed by atoms with Crippen molar-refractivity contribution in [3.05, 3.63) is 48.0 Å². The number of sulfonamides is 1. The number of aromatic nitrogens is 1. The van der Waals surface area contributed by atoms with Crippen molar-refractivity contribution in [2.45, 2.75) is 20.9 Å². The van der Waals surface area contributed by atoms with Crippen molar-refractivity contribution in [1.82, 2.24) is 4.98 Å². The SMILES string of the molecule is CC(=O)Oc1cnc(NS(=O)(=O)c2cc(S(=O)(=O)c3ccccc3)cs2)s1. The minimum atomic E-state index is -4.04. The topological polar surface area (TPSA) is 119 Å². The van der Waals surface area contributed by atoms with Gasteiger partial charge in [-0.2, -0.15) is 0 Å². The van der Waals surface area contributed by atoms with Crippen LogP contribution in [0.2, 0.25) is 0 Å². The molecule has 2 aromatic heterocycles. The fourth-order valence-corrected chi connectivity index (χ4v) is 6.83. The Bertz CT molecular complexity index is 1180. The maximum absolute atomic E-state index is 12.6. The highest BCUT2D eigenvalue weighted by molar-refractivity contribution is 7.95. The second-order valence-electron chi connectivity index (χ2n) is 5.10. The van der Waals surface area contributed by atoms with Gasteiger partial charge in [-0.3, -0.25) is 9.52 Å². The van der Waals surface area contributed by atoms with Crippen LogP contribution in [0.5, 0.6) is 5.06 Å². The van der Waals surface area contributed by atoms with Crippen LogP contribution in [0, 0.1) is 0 Å². The molecule has 0 atom stereocenters. The molecule has 2 heterocycles. The predicted molar refractivity (Wildman–Crippen MR) is 100 cm³/mol. The number of esters is 1. The molecule has 1 aromatic carbocycles. The molecule has 1 N–H and O–H groups in total. The molecule has 0 aliphatic carbocycles. The Morgan fingerprint density at radius 1 is 1.11 bits per heavy atom. The maximum atomic E-state index is 12.6. The molecule has 0 radical (unpaired) electrons. The van der Waals surface area contributed by atoms with Gasteiger partial charge in [-0.1, -0.05) is 29.5 Å². The fraction of sp³-hybridized carbons (Fsp3) is 0.0667. The molecule has 0 saturated carbocycles. The Morgan fingerprint density at radius 2 is 1.81 bits per heavy atom. The summed E-state index contributed by atoms with van der Waals surface area (Å²) in [5.74, 6) is -0.554. The Hall–Kier alpha value is -2.28. The molecule has 0 unspecified atom stereocenters. The van der Waals surface area contributed by atoms with Gasteiger partial charge >= 0.3 is 5.97 Å². The molecule has 0 aliphatic rings. The highest BCUT2D eigenvalue weighted by atomic mass is 32.2. The van der Waals surface area contributed by atoms with Crippen molar-refractivity contribution in [3.63, 3.8) is 0 Å². The summed E-state index contributed by atoms with van der Waals surface area (Å²) in [6.45, 7) is 1.21. The summed E-state index contributed by atoms with van der Waals surface area (Å²) in [6, 6.07) is 8.82. The lowest BCUT2D eigenvalue weighted by atomic mass is 10.4. The van der Waals surface area contributed by atoms with Gasteiger partial charge in [0.1, 0.15) is 4.21 Å². The summed E-state index contributed by atoms with van der Waals surface area (Å²) in [6.07, 6.45) is 1.21. The monoisotopic (exact) mass is 444 g/mol. The highest BCUT2D eigenvalue weighted by Gasteiger charge is 2.24. The number of thiophene rings is 1. The first-order valence-corrected chi connectivity index (χ1v) is 11.9. The minimum absolute atomic E-state index is 0.00730. The predicted octanol–water partition coefficient (Wildman–Crippen LogP) is 2.76. The molecule has 3 aromatic rings. The summed E-state index contributed by atoms with van der Waals surface area (Å²) < 4.78 is 57.0. The first kappa shape index (κ1) is 19.5. The summed E-state index contributed by atoms with van der Waals surface area (Å²) in [4.78, 5) is 14.7. The van der Waals surface area contributed by atoms with Crippen molar-refractivity contribution >= 4 is 53.6 Å². The van der Waals surface area contributed by atoms with E-state index in [1.807, 2.05) is 0 Å². The van der Waals surface area contributed by atoms with E-state index >= 15 is 0 Å². The quantitative estimate of drug-likeness (QED) is 0.581. The Morgan fingerprint density at radius 3 is 2.48 bits per heavy atom. The summed E-state index contributed by atoms with van der Waals surface area (Å²) in [5.41, 5.74) is 0. The highest BCUT2D eigenvalue weighted by Crippen LogP contribution is 2.31. The number of hydrogen-bond acceptors (Lipinski definition) is 9. The molecule has 0 aliphatic heterocycles. The Balaban J connectivity index is 1.85. The van der Waals surface area contributed by atoms with E-state index in [0.29, 0.717) is 0 Å². The zero-order valence-corrected chi connectivity index (χ0v) is 16.9. The van der Waals surface area contributed by atoms with Crippen molar-refractivity contribution in [2.75, 3.05) is 4.72 Å². The van der Waals surface area contributed by atoms with Gasteiger partial charge in [0.25, 0.3) is 10.0 Å². The molecule has 0 amide bonds. The van der Waals surface area contributed by atoms with Gasteiger partial charge in [0.05, 0.1) is 16.0 Å². The average molecular weight is 445 g/mol. The van der Waals surface area contributed by atoms with E-state index < -0.39 is 25.8 Å². The number of benzene rings is 1. The molecule has 0 spiro atoms. The number of anilines is 1. The number of hydrogen-bond donors (Lipinski definition) is 1. The van der Waals surface area contributed by atoms with Crippen molar-refractivity contribution in [1.29, 1.82) is 0 Å². The van der Waals surface area contributed by atoms with E-state index in [9.17, 15) is 21.6 Å². The van der Waals surface area contributed by atoms with Crippen molar-refractivity contribution in [3.8, 4) is 5.06 Å². The zero-order chi connectivity index (χ0) is 19.7. The molecule has 27 heavy (non-hydrogen) atoms. The molecular weight excluding hydrogens is 432 g/mol. The van der Waals surface area contributed by atoms with Crippen LogP contribution in [-0.2, 0) is 24.7 Å². The number of sulfone groups is 1. The minimum Gasteiger partial charge on any atom is -0.414 e. The van der Waals surface area contributed by atoms with E-state index in [-0.39, 0.29) is 24.2 Å². The maximum Gasteiger partial charge on any atom is 0.308 e. The first-order valence-electron chi connectivity index (χ1n) is 7.24. The molecule has 142 valence electrons. The second-order valence-corrected chi connectivity index (χ2v) is 10.9. The van der Waals surface area contributed by atoms with Crippen LogP contribution in [0.3, 0.4) is 0 Å². The molecule has 8 nitrogen and oxygen atoms in total. The van der Waals surface area contributed by atoms with E-state index in [4.69, 9.17) is 4.74 Å². The van der Waals surface area contributed by atoms with Crippen LogP contribution in [0.25, 0.3) is 0 Å². The smallest absolute Gasteiger partial charge is 0.308 e. The first-order chi connectivity index (χ1) is 12.7. The van der Waals surface area contributed by atoms with E-state index in [1.54, 1.807) is 18.2 Å². The number of thiazole rings is 1. The lowest BCUT2D eigenvalue weighted by Gasteiger charge is -2.02. The second kappa shape index (κ2) is 7.38.